The molecule has 0 fully saturated rings. The molecular weight excluding hydrogens is 352 g/mol. The van der Waals surface area contributed by atoms with Crippen molar-refractivity contribution in [3.05, 3.63) is 57.6 Å². The SMILES string of the molecule is CC(C)(c1ccc2c3c1CCCN3CCC2)c1ccc2c3c1CCCN3CCC2. The molecule has 0 amide bonds. The van der Waals surface area contributed by atoms with Gasteiger partial charge < -0.3 is 9.80 Å². The van der Waals surface area contributed by atoms with E-state index in [4.69, 9.17) is 0 Å². The molecule has 0 unspecified atom stereocenters. The van der Waals surface area contributed by atoms with Gasteiger partial charge in [-0.25, -0.2) is 0 Å². The number of anilines is 2. The van der Waals surface area contributed by atoms with Gasteiger partial charge in [-0.1, -0.05) is 38.1 Å². The van der Waals surface area contributed by atoms with Crippen LogP contribution in [-0.4, -0.2) is 26.2 Å². The lowest BCUT2D eigenvalue weighted by molar-refractivity contribution is 0.578. The molecular formula is C27H34N2. The Labute approximate surface area is 175 Å². The first-order valence-corrected chi connectivity index (χ1v) is 11.9. The lowest BCUT2D eigenvalue weighted by atomic mass is 9.70. The van der Waals surface area contributed by atoms with Crippen molar-refractivity contribution in [2.24, 2.45) is 0 Å². The van der Waals surface area contributed by atoms with Gasteiger partial charge in [-0.05, 0) is 84.7 Å². The molecule has 29 heavy (non-hydrogen) atoms. The van der Waals surface area contributed by atoms with Crippen molar-refractivity contribution in [1.82, 2.24) is 0 Å². The highest BCUT2D eigenvalue weighted by molar-refractivity contribution is 5.70. The summed E-state index contributed by atoms with van der Waals surface area (Å²) in [5.41, 5.74) is 13.0. The van der Waals surface area contributed by atoms with Crippen molar-refractivity contribution >= 4 is 11.4 Å². The average Bonchev–Trinajstić information content (AvgIpc) is 2.75. The van der Waals surface area contributed by atoms with Crippen molar-refractivity contribution in [1.29, 1.82) is 0 Å². The zero-order valence-corrected chi connectivity index (χ0v) is 18.2. The Morgan fingerprint density at radius 2 is 1.00 bits per heavy atom. The summed E-state index contributed by atoms with van der Waals surface area (Å²) in [6, 6.07) is 9.92. The van der Waals surface area contributed by atoms with Crippen LogP contribution in [-0.2, 0) is 31.1 Å². The molecule has 0 aliphatic carbocycles. The first-order valence-electron chi connectivity index (χ1n) is 11.9. The molecule has 0 saturated carbocycles. The number of hydrogen-bond acceptors (Lipinski definition) is 2. The minimum absolute atomic E-state index is 0.0651. The van der Waals surface area contributed by atoms with Crippen LogP contribution in [0.3, 0.4) is 0 Å². The highest BCUT2D eigenvalue weighted by Crippen LogP contribution is 2.47. The molecule has 0 spiro atoms. The van der Waals surface area contributed by atoms with Crippen LogP contribution in [0.5, 0.6) is 0 Å². The monoisotopic (exact) mass is 386 g/mol. The number of nitrogens with zero attached hydrogens (tertiary/aromatic N) is 2. The quantitative estimate of drug-likeness (QED) is 0.681. The zero-order valence-electron chi connectivity index (χ0n) is 18.2. The molecule has 0 N–H and O–H groups in total. The van der Waals surface area contributed by atoms with Crippen LogP contribution < -0.4 is 9.80 Å². The van der Waals surface area contributed by atoms with Gasteiger partial charge in [-0.2, -0.15) is 0 Å². The Kier molecular flexibility index (Phi) is 4.02. The number of rotatable bonds is 2. The second kappa shape index (κ2) is 6.52. The van der Waals surface area contributed by atoms with Crippen LogP contribution in [0, 0.1) is 0 Å². The van der Waals surface area contributed by atoms with Gasteiger partial charge in [0.2, 0.25) is 0 Å². The summed E-state index contributed by atoms with van der Waals surface area (Å²) in [6.07, 6.45) is 10.3. The van der Waals surface area contributed by atoms with Crippen molar-refractivity contribution in [3.8, 4) is 0 Å². The molecule has 0 aromatic heterocycles. The van der Waals surface area contributed by atoms with E-state index >= 15 is 0 Å². The standard InChI is InChI=1S/C27H34N2/c1-27(2,23-13-11-19-7-3-15-28-17-5-9-21(23)25(19)28)24-14-12-20-8-4-16-29-18-6-10-22(24)26(20)29/h11-14H,3-10,15-18H2,1-2H3. The van der Waals surface area contributed by atoms with Crippen LogP contribution in [0.2, 0.25) is 0 Å². The Hall–Kier alpha value is -1.96. The predicted molar refractivity (Wildman–Crippen MR) is 123 cm³/mol. The normalized spacial score (nSPS) is 20.3. The minimum atomic E-state index is 0.0651. The third kappa shape index (κ3) is 2.60. The minimum Gasteiger partial charge on any atom is -0.371 e. The van der Waals surface area contributed by atoms with Gasteiger partial charge in [-0.15, -0.1) is 0 Å². The summed E-state index contributed by atoms with van der Waals surface area (Å²) in [5, 5.41) is 0. The van der Waals surface area contributed by atoms with Gasteiger partial charge in [0.15, 0.2) is 0 Å². The van der Waals surface area contributed by atoms with Crippen LogP contribution in [0.15, 0.2) is 24.3 Å². The highest BCUT2D eigenvalue weighted by atomic mass is 15.1. The zero-order chi connectivity index (χ0) is 19.6. The van der Waals surface area contributed by atoms with Crippen LogP contribution in [0.25, 0.3) is 0 Å². The Morgan fingerprint density at radius 1 is 0.586 bits per heavy atom. The van der Waals surface area contributed by atoms with Gasteiger partial charge in [0.25, 0.3) is 0 Å². The lowest BCUT2D eigenvalue weighted by Crippen LogP contribution is -2.37. The maximum Gasteiger partial charge on any atom is 0.0434 e. The van der Waals surface area contributed by atoms with E-state index in [2.05, 4.69) is 47.9 Å². The molecule has 4 heterocycles. The number of aryl methyl sites for hydroxylation is 2. The largest absolute Gasteiger partial charge is 0.371 e. The fourth-order valence-corrected chi connectivity index (χ4v) is 6.87. The van der Waals surface area contributed by atoms with E-state index < -0.39 is 0 Å². The summed E-state index contributed by atoms with van der Waals surface area (Å²) >= 11 is 0. The van der Waals surface area contributed by atoms with Crippen LogP contribution >= 0.6 is 0 Å². The van der Waals surface area contributed by atoms with Crippen LogP contribution in [0.4, 0.5) is 11.4 Å². The summed E-state index contributed by atoms with van der Waals surface area (Å²) in [4.78, 5) is 5.38. The fourth-order valence-electron chi connectivity index (χ4n) is 6.87. The molecule has 4 aliphatic heterocycles. The second-order valence-corrected chi connectivity index (χ2v) is 10.2. The topological polar surface area (TPSA) is 6.48 Å². The Balaban J connectivity index is 1.53. The average molecular weight is 387 g/mol. The molecule has 0 atom stereocenters. The fraction of sp³-hybridized carbons (Fsp3) is 0.556. The predicted octanol–water partition coefficient (Wildman–Crippen LogP) is 5.41. The summed E-state index contributed by atoms with van der Waals surface area (Å²) in [6.45, 7) is 10.00. The molecule has 2 aromatic rings. The van der Waals surface area contributed by atoms with Crippen molar-refractivity contribution < 1.29 is 0 Å². The van der Waals surface area contributed by atoms with Gasteiger partial charge in [0.05, 0.1) is 0 Å². The first-order chi connectivity index (χ1) is 14.1. The maximum absolute atomic E-state index is 2.69. The van der Waals surface area contributed by atoms with Gasteiger partial charge in [-0.3, -0.25) is 0 Å². The van der Waals surface area contributed by atoms with E-state index in [0.717, 1.165) is 0 Å². The van der Waals surface area contributed by atoms with Crippen molar-refractivity contribution in [2.45, 2.75) is 70.6 Å². The van der Waals surface area contributed by atoms with Crippen molar-refractivity contribution in [3.63, 3.8) is 0 Å². The van der Waals surface area contributed by atoms with E-state index in [1.807, 2.05) is 0 Å². The number of benzene rings is 2. The third-order valence-corrected chi connectivity index (χ3v) is 8.17. The summed E-state index contributed by atoms with van der Waals surface area (Å²) in [5.74, 6) is 0. The maximum atomic E-state index is 2.69. The molecule has 152 valence electrons. The molecule has 0 bridgehead atoms. The Bertz CT molecular complexity index is 889. The van der Waals surface area contributed by atoms with Crippen LogP contribution in [0.1, 0.15) is 72.9 Å². The summed E-state index contributed by atoms with van der Waals surface area (Å²) in [7, 11) is 0. The van der Waals surface area contributed by atoms with Gasteiger partial charge in [0, 0.05) is 43.0 Å². The molecule has 6 rings (SSSR count). The number of hydrogen-bond donors (Lipinski definition) is 0. The van der Waals surface area contributed by atoms with E-state index in [1.54, 1.807) is 44.8 Å². The first kappa shape index (κ1) is 17.9. The van der Waals surface area contributed by atoms with E-state index in [0.29, 0.717) is 0 Å². The van der Waals surface area contributed by atoms with Gasteiger partial charge >= 0.3 is 0 Å². The van der Waals surface area contributed by atoms with Crippen molar-refractivity contribution in [2.75, 3.05) is 36.0 Å². The smallest absolute Gasteiger partial charge is 0.0434 e. The molecule has 0 radical (unpaired) electrons. The van der Waals surface area contributed by atoms with Gasteiger partial charge in [0.1, 0.15) is 0 Å². The molecule has 2 nitrogen and oxygen atoms in total. The Morgan fingerprint density at radius 3 is 1.45 bits per heavy atom. The molecule has 2 heteroatoms. The molecule has 0 saturated heterocycles. The van der Waals surface area contributed by atoms with E-state index in [9.17, 15) is 0 Å². The third-order valence-electron chi connectivity index (χ3n) is 8.17. The van der Waals surface area contributed by atoms with E-state index in [-0.39, 0.29) is 5.41 Å². The second-order valence-electron chi connectivity index (χ2n) is 10.2. The summed E-state index contributed by atoms with van der Waals surface area (Å²) < 4.78 is 0. The highest BCUT2D eigenvalue weighted by Gasteiger charge is 2.36. The van der Waals surface area contributed by atoms with E-state index in [1.165, 1.54) is 77.5 Å². The lowest BCUT2D eigenvalue weighted by Gasteiger charge is -2.43. The molecule has 2 aromatic carbocycles. The molecule has 4 aliphatic rings.